The summed E-state index contributed by atoms with van der Waals surface area (Å²) in [5, 5.41) is 3.68. The fourth-order valence-electron chi connectivity index (χ4n) is 3.56. The first-order chi connectivity index (χ1) is 12.5. The van der Waals surface area contributed by atoms with E-state index in [0.29, 0.717) is 29.3 Å². The summed E-state index contributed by atoms with van der Waals surface area (Å²) < 4.78 is 44.0. The van der Waals surface area contributed by atoms with Crippen LogP contribution >= 0.6 is 12.4 Å². The van der Waals surface area contributed by atoms with Crippen LogP contribution in [-0.4, -0.2) is 30.3 Å². The molecule has 2 aliphatic rings. The normalized spacial score (nSPS) is 22.9. The van der Waals surface area contributed by atoms with Gasteiger partial charge in [0, 0.05) is 43.0 Å². The van der Waals surface area contributed by atoms with E-state index in [2.05, 4.69) is 10.3 Å². The second-order valence-corrected chi connectivity index (χ2v) is 7.06. The Labute approximate surface area is 162 Å². The van der Waals surface area contributed by atoms with Gasteiger partial charge >= 0.3 is 6.18 Å². The minimum Gasteiger partial charge on any atom is -0.381 e. The molecule has 27 heavy (non-hydrogen) atoms. The number of hydrogen-bond acceptors (Lipinski definition) is 3. The van der Waals surface area contributed by atoms with Crippen molar-refractivity contribution in [2.45, 2.75) is 43.4 Å². The number of nitrogens with zero attached hydrogens (tertiary/aromatic N) is 1. The fourth-order valence-corrected chi connectivity index (χ4v) is 3.56. The van der Waals surface area contributed by atoms with E-state index in [-0.39, 0.29) is 12.4 Å². The second-order valence-electron chi connectivity index (χ2n) is 7.06. The van der Waals surface area contributed by atoms with E-state index in [1.54, 1.807) is 12.3 Å². The van der Waals surface area contributed by atoms with Crippen LogP contribution in [0.1, 0.15) is 36.3 Å². The third-order valence-corrected chi connectivity index (χ3v) is 5.16. The SMILES string of the molecule is Cl.FC(F)(F)c1cccc(-c2ccc([C@H]3C[C@@H]3NC3CCOCC3)cn2)c1. The zero-order valence-electron chi connectivity index (χ0n) is 14.7. The Morgan fingerprint density at radius 1 is 1.07 bits per heavy atom. The van der Waals surface area contributed by atoms with Crippen LogP contribution in [0.15, 0.2) is 42.6 Å². The van der Waals surface area contributed by atoms with Gasteiger partial charge < -0.3 is 10.1 Å². The summed E-state index contributed by atoms with van der Waals surface area (Å²) in [5.41, 5.74) is 1.54. The van der Waals surface area contributed by atoms with E-state index in [0.717, 1.165) is 50.2 Å². The molecule has 7 heteroatoms. The topological polar surface area (TPSA) is 34.1 Å². The molecule has 0 unspecified atom stereocenters. The van der Waals surface area contributed by atoms with Gasteiger partial charge in [0.15, 0.2) is 0 Å². The van der Waals surface area contributed by atoms with Crippen molar-refractivity contribution in [1.82, 2.24) is 10.3 Å². The lowest BCUT2D eigenvalue weighted by molar-refractivity contribution is -0.137. The lowest BCUT2D eigenvalue weighted by Crippen LogP contribution is -2.36. The van der Waals surface area contributed by atoms with Crippen LogP contribution < -0.4 is 5.32 Å². The molecule has 146 valence electrons. The minimum atomic E-state index is -4.34. The lowest BCUT2D eigenvalue weighted by atomic mass is 10.1. The molecule has 1 saturated carbocycles. The zero-order valence-corrected chi connectivity index (χ0v) is 15.5. The van der Waals surface area contributed by atoms with Gasteiger partial charge in [-0.15, -0.1) is 12.4 Å². The van der Waals surface area contributed by atoms with Crippen molar-refractivity contribution >= 4 is 12.4 Å². The molecule has 1 aromatic carbocycles. The largest absolute Gasteiger partial charge is 0.416 e. The average molecular weight is 399 g/mol. The number of pyridine rings is 1. The Hall–Kier alpha value is -1.63. The van der Waals surface area contributed by atoms with Crippen molar-refractivity contribution in [2.75, 3.05) is 13.2 Å². The van der Waals surface area contributed by atoms with Crippen LogP contribution in [0, 0.1) is 0 Å². The van der Waals surface area contributed by atoms with E-state index in [4.69, 9.17) is 4.74 Å². The lowest BCUT2D eigenvalue weighted by Gasteiger charge is -2.23. The Balaban J connectivity index is 0.00000210. The number of benzene rings is 1. The molecule has 0 radical (unpaired) electrons. The summed E-state index contributed by atoms with van der Waals surface area (Å²) in [6, 6.07) is 10.1. The van der Waals surface area contributed by atoms with Crippen LogP contribution in [0.2, 0.25) is 0 Å². The molecule has 3 nitrogen and oxygen atoms in total. The van der Waals surface area contributed by atoms with E-state index in [9.17, 15) is 13.2 Å². The van der Waals surface area contributed by atoms with Gasteiger partial charge in [-0.1, -0.05) is 18.2 Å². The third kappa shape index (κ3) is 4.81. The van der Waals surface area contributed by atoms with E-state index < -0.39 is 11.7 Å². The summed E-state index contributed by atoms with van der Waals surface area (Å²) in [7, 11) is 0. The summed E-state index contributed by atoms with van der Waals surface area (Å²) >= 11 is 0. The van der Waals surface area contributed by atoms with E-state index in [1.807, 2.05) is 12.1 Å². The Morgan fingerprint density at radius 2 is 1.85 bits per heavy atom. The zero-order chi connectivity index (χ0) is 18.1. The smallest absolute Gasteiger partial charge is 0.381 e. The molecular formula is C20H22ClF3N2O. The van der Waals surface area contributed by atoms with Crippen LogP contribution in [0.25, 0.3) is 11.3 Å². The molecular weight excluding hydrogens is 377 g/mol. The summed E-state index contributed by atoms with van der Waals surface area (Å²) in [5.74, 6) is 0.445. The summed E-state index contributed by atoms with van der Waals surface area (Å²) in [6.07, 6.45) is 0.646. The van der Waals surface area contributed by atoms with Crippen LogP contribution in [0.3, 0.4) is 0 Å². The quantitative estimate of drug-likeness (QED) is 0.802. The van der Waals surface area contributed by atoms with Gasteiger partial charge in [0.2, 0.25) is 0 Å². The predicted molar refractivity (Wildman–Crippen MR) is 100 cm³/mol. The highest BCUT2D eigenvalue weighted by atomic mass is 35.5. The first-order valence-electron chi connectivity index (χ1n) is 8.98. The van der Waals surface area contributed by atoms with Gasteiger partial charge in [0.1, 0.15) is 0 Å². The Morgan fingerprint density at radius 3 is 2.52 bits per heavy atom. The number of ether oxygens (including phenoxy) is 1. The Bertz CT molecular complexity index is 761. The van der Waals surface area contributed by atoms with Crippen molar-refractivity contribution in [1.29, 1.82) is 0 Å². The van der Waals surface area contributed by atoms with Gasteiger partial charge in [0.05, 0.1) is 11.3 Å². The van der Waals surface area contributed by atoms with Crippen molar-refractivity contribution in [3.05, 3.63) is 53.7 Å². The molecule has 2 atom stereocenters. The average Bonchev–Trinajstić information content (AvgIpc) is 3.41. The van der Waals surface area contributed by atoms with Gasteiger partial charge in [0.25, 0.3) is 0 Å². The summed E-state index contributed by atoms with van der Waals surface area (Å²) in [4.78, 5) is 4.40. The van der Waals surface area contributed by atoms with Gasteiger partial charge in [-0.2, -0.15) is 13.2 Å². The molecule has 4 rings (SSSR count). The second kappa shape index (κ2) is 8.17. The number of nitrogens with one attached hydrogen (secondary N) is 1. The van der Waals surface area contributed by atoms with Crippen molar-refractivity contribution in [3.63, 3.8) is 0 Å². The first-order valence-corrected chi connectivity index (χ1v) is 8.98. The molecule has 0 spiro atoms. The molecule has 0 bridgehead atoms. The minimum absolute atomic E-state index is 0. The maximum atomic E-state index is 12.9. The van der Waals surface area contributed by atoms with E-state index in [1.165, 1.54) is 6.07 Å². The monoisotopic (exact) mass is 398 g/mol. The molecule has 2 heterocycles. The number of alkyl halides is 3. The van der Waals surface area contributed by atoms with Crippen molar-refractivity contribution in [3.8, 4) is 11.3 Å². The van der Waals surface area contributed by atoms with E-state index >= 15 is 0 Å². The predicted octanol–water partition coefficient (Wildman–Crippen LogP) is 4.81. The highest BCUT2D eigenvalue weighted by Crippen LogP contribution is 2.41. The first kappa shape index (κ1) is 20.1. The highest BCUT2D eigenvalue weighted by molar-refractivity contribution is 5.85. The fraction of sp³-hybridized carbons (Fsp3) is 0.450. The third-order valence-electron chi connectivity index (χ3n) is 5.16. The highest BCUT2D eigenvalue weighted by Gasteiger charge is 2.39. The molecule has 0 amide bonds. The number of aromatic nitrogens is 1. The molecule has 2 aromatic rings. The van der Waals surface area contributed by atoms with Crippen LogP contribution in [-0.2, 0) is 10.9 Å². The molecule has 1 aromatic heterocycles. The molecule has 1 saturated heterocycles. The molecule has 2 fully saturated rings. The van der Waals surface area contributed by atoms with Crippen molar-refractivity contribution in [2.24, 2.45) is 0 Å². The summed E-state index contributed by atoms with van der Waals surface area (Å²) in [6.45, 7) is 1.64. The van der Waals surface area contributed by atoms with Gasteiger partial charge in [-0.3, -0.25) is 4.98 Å². The Kier molecular flexibility index (Phi) is 6.08. The molecule has 1 N–H and O–H groups in total. The maximum absolute atomic E-state index is 12.9. The standard InChI is InChI=1S/C20H21F3N2O.ClH/c21-20(22,23)15-3-1-2-13(10-15)18-5-4-14(12-24-18)17-11-19(17)25-16-6-8-26-9-7-16;/h1-5,10,12,16-17,19,25H,6-9,11H2;1H/t17-,19+;/m1./s1. The van der Waals surface area contributed by atoms with Crippen molar-refractivity contribution < 1.29 is 17.9 Å². The van der Waals surface area contributed by atoms with Crippen LogP contribution in [0.4, 0.5) is 13.2 Å². The molecule has 1 aliphatic heterocycles. The van der Waals surface area contributed by atoms with Crippen LogP contribution in [0.5, 0.6) is 0 Å². The maximum Gasteiger partial charge on any atom is 0.416 e. The molecule has 1 aliphatic carbocycles. The number of hydrogen-bond donors (Lipinski definition) is 1. The number of rotatable bonds is 4. The number of halogens is 4. The van der Waals surface area contributed by atoms with Gasteiger partial charge in [-0.05, 0) is 43.0 Å². The van der Waals surface area contributed by atoms with Gasteiger partial charge in [-0.25, -0.2) is 0 Å².